The maximum Gasteiger partial charge on any atom is 0.194 e. The zero-order valence-electron chi connectivity index (χ0n) is 17.8. The third-order valence-electron chi connectivity index (χ3n) is 4.84. The predicted molar refractivity (Wildman–Crippen MR) is 114 cm³/mol. The summed E-state index contributed by atoms with van der Waals surface area (Å²) in [4.78, 5) is 11.7. The average molecular weight is 382 g/mol. The van der Waals surface area contributed by atoms with Gasteiger partial charge in [-0.25, -0.2) is 9.98 Å². The maximum absolute atomic E-state index is 4.84. The fourth-order valence-corrected chi connectivity index (χ4v) is 3.45. The fourth-order valence-electron chi connectivity index (χ4n) is 3.45. The second-order valence-electron chi connectivity index (χ2n) is 7.47. The molecule has 28 heavy (non-hydrogen) atoms. The van der Waals surface area contributed by atoms with Gasteiger partial charge in [-0.2, -0.15) is 5.10 Å². The highest BCUT2D eigenvalue weighted by atomic mass is 15.3. The number of nitrogens with one attached hydrogen (secondary N) is 1. The molecule has 3 aromatic rings. The number of aromatic nitrogens is 4. The predicted octanol–water partition coefficient (Wildman–Crippen LogP) is 3.03. The maximum atomic E-state index is 4.84. The van der Waals surface area contributed by atoms with E-state index >= 15 is 0 Å². The molecule has 0 saturated carbocycles. The van der Waals surface area contributed by atoms with Crippen molar-refractivity contribution >= 4 is 17.0 Å². The van der Waals surface area contributed by atoms with Gasteiger partial charge in [0.1, 0.15) is 12.4 Å². The van der Waals surface area contributed by atoms with E-state index < -0.39 is 0 Å². The third-order valence-corrected chi connectivity index (χ3v) is 4.84. The summed E-state index contributed by atoms with van der Waals surface area (Å²) < 4.78 is 4.00. The van der Waals surface area contributed by atoms with Gasteiger partial charge in [0.15, 0.2) is 5.96 Å². The zero-order valence-corrected chi connectivity index (χ0v) is 17.8. The molecular formula is C21H31N7. The molecule has 0 unspecified atom stereocenters. The first-order valence-corrected chi connectivity index (χ1v) is 9.82. The summed E-state index contributed by atoms with van der Waals surface area (Å²) in [6, 6.07) is 8.17. The molecule has 7 heteroatoms. The molecule has 0 amide bonds. The number of hydrogen-bond acceptors (Lipinski definition) is 3. The van der Waals surface area contributed by atoms with E-state index in [0.717, 1.165) is 41.6 Å². The molecule has 0 spiro atoms. The molecule has 0 radical (unpaired) electrons. The standard InChI is InChI=1S/C21H31N7/c1-7-22-21(26(4)13-16-14-27(5)25-20(16)15(2)3)23-12-19-24-17-10-8-9-11-18(17)28(19)6/h8-11,14-15H,7,12-13H2,1-6H3,(H,22,23). The minimum absolute atomic E-state index is 0.393. The summed E-state index contributed by atoms with van der Waals surface area (Å²) in [5.41, 5.74) is 4.50. The molecule has 2 aromatic heterocycles. The van der Waals surface area contributed by atoms with Gasteiger partial charge in [-0.15, -0.1) is 0 Å². The van der Waals surface area contributed by atoms with Crippen molar-refractivity contribution in [2.24, 2.45) is 19.1 Å². The number of imidazole rings is 1. The quantitative estimate of drug-likeness (QED) is 0.527. The number of nitrogens with zero attached hydrogens (tertiary/aromatic N) is 6. The van der Waals surface area contributed by atoms with Gasteiger partial charge >= 0.3 is 0 Å². The fraction of sp³-hybridized carbons (Fsp3) is 0.476. The Kier molecular flexibility index (Phi) is 6.02. The number of rotatable bonds is 6. The van der Waals surface area contributed by atoms with E-state index in [0.29, 0.717) is 12.5 Å². The highest BCUT2D eigenvalue weighted by molar-refractivity contribution is 5.80. The lowest BCUT2D eigenvalue weighted by atomic mass is 10.1. The zero-order chi connectivity index (χ0) is 20.3. The number of hydrogen-bond donors (Lipinski definition) is 1. The van der Waals surface area contributed by atoms with Crippen LogP contribution in [0.25, 0.3) is 11.0 Å². The van der Waals surface area contributed by atoms with Crippen molar-refractivity contribution in [2.75, 3.05) is 13.6 Å². The van der Waals surface area contributed by atoms with Crippen LogP contribution in [0.1, 0.15) is 43.8 Å². The molecule has 2 heterocycles. The van der Waals surface area contributed by atoms with Crippen molar-refractivity contribution in [3.05, 3.63) is 47.5 Å². The van der Waals surface area contributed by atoms with Gasteiger partial charge in [0.05, 0.1) is 16.7 Å². The largest absolute Gasteiger partial charge is 0.357 e. The lowest BCUT2D eigenvalue weighted by Crippen LogP contribution is -2.38. The number of para-hydroxylation sites is 2. The van der Waals surface area contributed by atoms with Gasteiger partial charge in [-0.1, -0.05) is 26.0 Å². The molecular weight excluding hydrogens is 350 g/mol. The molecule has 3 rings (SSSR count). The lowest BCUT2D eigenvalue weighted by molar-refractivity contribution is 0.473. The SMILES string of the molecule is CCNC(=NCc1nc2ccccc2n1C)N(C)Cc1cn(C)nc1C(C)C. The van der Waals surface area contributed by atoms with Gasteiger partial charge in [0.2, 0.25) is 0 Å². The first-order chi connectivity index (χ1) is 13.4. The Balaban J connectivity index is 1.81. The highest BCUT2D eigenvalue weighted by Crippen LogP contribution is 2.19. The number of aryl methyl sites for hydroxylation is 2. The number of fused-ring (bicyclic) bond motifs is 1. The summed E-state index contributed by atoms with van der Waals surface area (Å²) >= 11 is 0. The number of benzene rings is 1. The summed E-state index contributed by atoms with van der Waals surface area (Å²) in [7, 11) is 6.08. The molecule has 150 valence electrons. The van der Waals surface area contributed by atoms with E-state index in [-0.39, 0.29) is 0 Å². The van der Waals surface area contributed by atoms with Crippen LogP contribution in [0.3, 0.4) is 0 Å². The molecule has 0 aliphatic heterocycles. The Morgan fingerprint density at radius 2 is 2.00 bits per heavy atom. The van der Waals surface area contributed by atoms with Gasteiger partial charge in [-0.05, 0) is 25.0 Å². The molecule has 1 aromatic carbocycles. The van der Waals surface area contributed by atoms with Crippen molar-refractivity contribution in [3.63, 3.8) is 0 Å². The summed E-state index contributed by atoms with van der Waals surface area (Å²) in [5.74, 6) is 2.21. The molecule has 0 fully saturated rings. The van der Waals surface area contributed by atoms with Crippen LogP contribution in [0.15, 0.2) is 35.5 Å². The molecule has 0 aliphatic carbocycles. The Labute approximate surface area is 167 Å². The summed E-state index contributed by atoms with van der Waals surface area (Å²) in [5, 5.41) is 8.01. The van der Waals surface area contributed by atoms with Crippen LogP contribution in [0.4, 0.5) is 0 Å². The van der Waals surface area contributed by atoms with Crippen LogP contribution in [0.2, 0.25) is 0 Å². The molecule has 0 aliphatic rings. The Hall–Kier alpha value is -2.83. The van der Waals surface area contributed by atoms with Crippen LogP contribution < -0.4 is 5.32 Å². The van der Waals surface area contributed by atoms with Gasteiger partial charge in [-0.3, -0.25) is 4.68 Å². The average Bonchev–Trinajstić information content (AvgIpc) is 3.19. The lowest BCUT2D eigenvalue weighted by Gasteiger charge is -2.22. The van der Waals surface area contributed by atoms with Crippen LogP contribution in [0.5, 0.6) is 0 Å². The highest BCUT2D eigenvalue weighted by Gasteiger charge is 2.15. The van der Waals surface area contributed by atoms with E-state index in [4.69, 9.17) is 9.98 Å². The van der Waals surface area contributed by atoms with E-state index in [2.05, 4.69) is 60.0 Å². The molecule has 0 saturated heterocycles. The summed E-state index contributed by atoms with van der Waals surface area (Å²) in [6.07, 6.45) is 2.10. The van der Waals surface area contributed by atoms with Crippen LogP contribution in [-0.2, 0) is 27.2 Å². The topological polar surface area (TPSA) is 63.3 Å². The van der Waals surface area contributed by atoms with Gasteiger partial charge in [0.25, 0.3) is 0 Å². The van der Waals surface area contributed by atoms with Crippen LogP contribution >= 0.6 is 0 Å². The first kappa shape index (κ1) is 19.9. The van der Waals surface area contributed by atoms with Crippen LogP contribution in [0, 0.1) is 0 Å². The number of guanidine groups is 1. The van der Waals surface area contributed by atoms with Crippen molar-refractivity contribution in [2.45, 2.75) is 39.8 Å². The molecule has 0 bridgehead atoms. The second kappa shape index (κ2) is 8.46. The van der Waals surface area contributed by atoms with E-state index in [1.807, 2.05) is 37.0 Å². The van der Waals surface area contributed by atoms with E-state index in [1.165, 1.54) is 5.56 Å². The van der Waals surface area contributed by atoms with Crippen LogP contribution in [-0.4, -0.2) is 43.8 Å². The normalized spacial score (nSPS) is 12.2. The first-order valence-electron chi connectivity index (χ1n) is 9.82. The molecule has 7 nitrogen and oxygen atoms in total. The van der Waals surface area contributed by atoms with Gasteiger partial charge < -0.3 is 14.8 Å². The smallest absolute Gasteiger partial charge is 0.194 e. The monoisotopic (exact) mass is 381 g/mol. The Bertz CT molecular complexity index is 964. The Morgan fingerprint density at radius 3 is 2.68 bits per heavy atom. The van der Waals surface area contributed by atoms with E-state index in [9.17, 15) is 0 Å². The van der Waals surface area contributed by atoms with Gasteiger partial charge in [0, 0.05) is 46.0 Å². The minimum atomic E-state index is 0.393. The minimum Gasteiger partial charge on any atom is -0.357 e. The Morgan fingerprint density at radius 1 is 1.25 bits per heavy atom. The molecule has 0 atom stereocenters. The molecule has 1 N–H and O–H groups in total. The second-order valence-corrected chi connectivity index (χ2v) is 7.47. The van der Waals surface area contributed by atoms with E-state index in [1.54, 1.807) is 0 Å². The van der Waals surface area contributed by atoms with Crippen molar-refractivity contribution in [1.82, 2.24) is 29.5 Å². The number of aliphatic imine (C=N–C) groups is 1. The summed E-state index contributed by atoms with van der Waals surface area (Å²) in [6.45, 7) is 8.54. The van der Waals surface area contributed by atoms with Crippen molar-refractivity contribution in [3.8, 4) is 0 Å². The van der Waals surface area contributed by atoms with Crippen molar-refractivity contribution < 1.29 is 0 Å². The third kappa shape index (κ3) is 4.18. The van der Waals surface area contributed by atoms with Crippen molar-refractivity contribution in [1.29, 1.82) is 0 Å².